The molecular formula is C22H34O5. The largest absolute Gasteiger partial charge is 0.481 e. The number of aliphatic carboxylic acids is 1. The first kappa shape index (κ1) is 23.4. The maximum absolute atomic E-state index is 12.2. The fourth-order valence-corrected chi connectivity index (χ4v) is 3.50. The molecule has 0 aromatic heterocycles. The first-order chi connectivity index (χ1) is 12.7. The summed E-state index contributed by atoms with van der Waals surface area (Å²) in [5, 5.41) is 29.3. The normalized spacial score (nSPS) is 24.0. The number of unbranched alkanes of at least 4 members (excludes halogenated alkanes) is 3. The Morgan fingerprint density at radius 2 is 1.96 bits per heavy atom. The topological polar surface area (TPSA) is 94.8 Å². The Kier molecular flexibility index (Phi) is 9.76. The Labute approximate surface area is 162 Å². The van der Waals surface area contributed by atoms with Crippen LogP contribution in [0.2, 0.25) is 0 Å². The molecule has 1 aliphatic rings. The third kappa shape index (κ3) is 7.86. The molecule has 1 rings (SSSR count). The maximum Gasteiger partial charge on any atom is 0.303 e. The highest BCUT2D eigenvalue weighted by Gasteiger charge is 2.39. The van der Waals surface area contributed by atoms with Gasteiger partial charge in [0.1, 0.15) is 5.78 Å². The highest BCUT2D eigenvalue weighted by atomic mass is 16.4. The predicted octanol–water partition coefficient (Wildman–Crippen LogP) is 3.33. The van der Waals surface area contributed by atoms with Crippen LogP contribution in [0.3, 0.4) is 0 Å². The van der Waals surface area contributed by atoms with Crippen molar-refractivity contribution in [3.05, 3.63) is 12.2 Å². The van der Waals surface area contributed by atoms with Gasteiger partial charge in [-0.15, -0.1) is 11.8 Å². The lowest BCUT2D eigenvalue weighted by molar-refractivity contribution is -0.137. The van der Waals surface area contributed by atoms with Crippen molar-refractivity contribution >= 4 is 11.8 Å². The SMILES string of the molecule is CC#CCC(C)(C)[C@H](O)/C=C/[C@H]1[C@H](O)CC(=O)[C@@H]1CCCCCCC(=O)O. The average molecular weight is 379 g/mol. The fourth-order valence-electron chi connectivity index (χ4n) is 3.50. The number of Topliss-reactive ketones (excluding diaryl/α,β-unsaturated/α-hetero) is 1. The summed E-state index contributed by atoms with van der Waals surface area (Å²) in [6.45, 7) is 5.65. The van der Waals surface area contributed by atoms with Gasteiger partial charge < -0.3 is 15.3 Å². The minimum absolute atomic E-state index is 0.0771. The van der Waals surface area contributed by atoms with Crippen LogP contribution in [0.4, 0.5) is 0 Å². The molecule has 152 valence electrons. The Hall–Kier alpha value is -1.64. The summed E-state index contributed by atoms with van der Waals surface area (Å²) in [5.41, 5.74) is -0.396. The van der Waals surface area contributed by atoms with Gasteiger partial charge in [-0.25, -0.2) is 0 Å². The molecule has 1 saturated carbocycles. The van der Waals surface area contributed by atoms with Crippen LogP contribution >= 0.6 is 0 Å². The summed E-state index contributed by atoms with van der Waals surface area (Å²) in [5.74, 6) is 4.64. The molecule has 0 bridgehead atoms. The molecule has 5 nitrogen and oxygen atoms in total. The molecule has 3 N–H and O–H groups in total. The maximum atomic E-state index is 12.2. The molecule has 0 saturated heterocycles. The van der Waals surface area contributed by atoms with E-state index in [0.717, 1.165) is 19.3 Å². The van der Waals surface area contributed by atoms with Crippen molar-refractivity contribution in [3.8, 4) is 11.8 Å². The molecule has 1 aliphatic carbocycles. The first-order valence-electron chi connectivity index (χ1n) is 9.87. The van der Waals surface area contributed by atoms with E-state index >= 15 is 0 Å². The van der Waals surface area contributed by atoms with Gasteiger partial charge in [-0.05, 0) is 19.8 Å². The van der Waals surface area contributed by atoms with Crippen LogP contribution in [0.1, 0.15) is 72.1 Å². The van der Waals surface area contributed by atoms with E-state index in [4.69, 9.17) is 5.11 Å². The van der Waals surface area contributed by atoms with Crippen LogP contribution in [0.5, 0.6) is 0 Å². The van der Waals surface area contributed by atoms with Crippen molar-refractivity contribution in [1.29, 1.82) is 0 Å². The molecule has 4 atom stereocenters. The molecule has 0 aromatic rings. The monoisotopic (exact) mass is 378 g/mol. The lowest BCUT2D eigenvalue weighted by Gasteiger charge is -2.27. The van der Waals surface area contributed by atoms with Crippen LogP contribution in [0, 0.1) is 29.1 Å². The number of carboxylic acids is 1. The number of carboxylic acid groups (broad SMARTS) is 1. The van der Waals surface area contributed by atoms with Crippen molar-refractivity contribution in [2.45, 2.75) is 84.3 Å². The lowest BCUT2D eigenvalue weighted by atomic mass is 9.81. The molecular weight excluding hydrogens is 344 g/mol. The molecule has 0 aromatic carbocycles. The summed E-state index contributed by atoms with van der Waals surface area (Å²) in [4.78, 5) is 22.7. The third-order valence-corrected chi connectivity index (χ3v) is 5.43. The molecule has 0 amide bonds. The van der Waals surface area contributed by atoms with E-state index in [1.807, 2.05) is 13.8 Å². The smallest absolute Gasteiger partial charge is 0.303 e. The van der Waals surface area contributed by atoms with Gasteiger partial charge in [0, 0.05) is 36.5 Å². The summed E-state index contributed by atoms with van der Waals surface area (Å²) in [7, 11) is 0. The second-order valence-electron chi connectivity index (χ2n) is 8.19. The van der Waals surface area contributed by atoms with Crippen LogP contribution in [-0.2, 0) is 9.59 Å². The molecule has 5 heteroatoms. The Balaban J connectivity index is 2.58. The van der Waals surface area contributed by atoms with E-state index in [-0.39, 0.29) is 30.5 Å². The lowest BCUT2D eigenvalue weighted by Crippen LogP contribution is -2.28. The van der Waals surface area contributed by atoms with E-state index in [1.165, 1.54) is 0 Å². The highest BCUT2D eigenvalue weighted by molar-refractivity contribution is 5.84. The molecule has 0 unspecified atom stereocenters. The highest BCUT2D eigenvalue weighted by Crippen LogP contribution is 2.35. The minimum Gasteiger partial charge on any atom is -0.481 e. The summed E-state index contributed by atoms with van der Waals surface area (Å²) in [6.07, 6.45) is 6.93. The van der Waals surface area contributed by atoms with E-state index < -0.39 is 23.6 Å². The number of hydrogen-bond acceptors (Lipinski definition) is 4. The van der Waals surface area contributed by atoms with Crippen LogP contribution in [-0.4, -0.2) is 39.3 Å². The zero-order valence-corrected chi connectivity index (χ0v) is 16.8. The van der Waals surface area contributed by atoms with Gasteiger partial charge >= 0.3 is 5.97 Å². The van der Waals surface area contributed by atoms with Gasteiger partial charge in [0.2, 0.25) is 0 Å². The van der Waals surface area contributed by atoms with Crippen LogP contribution in [0.15, 0.2) is 12.2 Å². The summed E-state index contributed by atoms with van der Waals surface area (Å²) < 4.78 is 0. The van der Waals surface area contributed by atoms with Crippen molar-refractivity contribution in [2.24, 2.45) is 17.3 Å². The van der Waals surface area contributed by atoms with Crippen molar-refractivity contribution in [1.82, 2.24) is 0 Å². The second kappa shape index (κ2) is 11.3. The number of hydrogen-bond donors (Lipinski definition) is 3. The Bertz CT molecular complexity index is 581. The van der Waals surface area contributed by atoms with E-state index in [0.29, 0.717) is 19.3 Å². The van der Waals surface area contributed by atoms with Gasteiger partial charge in [0.25, 0.3) is 0 Å². The van der Waals surface area contributed by atoms with E-state index in [1.54, 1.807) is 19.1 Å². The average Bonchev–Trinajstić information content (AvgIpc) is 2.86. The van der Waals surface area contributed by atoms with Crippen molar-refractivity contribution in [2.75, 3.05) is 0 Å². The van der Waals surface area contributed by atoms with Gasteiger partial charge in [-0.1, -0.05) is 45.3 Å². The van der Waals surface area contributed by atoms with Crippen LogP contribution in [0.25, 0.3) is 0 Å². The van der Waals surface area contributed by atoms with E-state index in [9.17, 15) is 19.8 Å². The standard InChI is InChI=1S/C22H34O5/c1-4-5-14-22(2,3)20(25)13-12-17-16(18(23)15-19(17)24)10-8-6-7-9-11-21(26)27/h12-13,16-17,19-20,24-25H,6-11,14-15H2,1-3H3,(H,26,27)/b13-12+/t16-,17-,19-,20-/m1/s1. The number of rotatable bonds is 11. The Morgan fingerprint density at radius 1 is 1.30 bits per heavy atom. The molecule has 1 fully saturated rings. The summed E-state index contributed by atoms with van der Waals surface area (Å²) >= 11 is 0. The quantitative estimate of drug-likeness (QED) is 0.291. The number of carbonyl (C=O) groups excluding carboxylic acids is 1. The van der Waals surface area contributed by atoms with Gasteiger partial charge in [0.15, 0.2) is 0 Å². The second-order valence-corrected chi connectivity index (χ2v) is 8.19. The van der Waals surface area contributed by atoms with Gasteiger partial charge in [-0.3, -0.25) is 9.59 Å². The van der Waals surface area contributed by atoms with E-state index in [2.05, 4.69) is 11.8 Å². The predicted molar refractivity (Wildman–Crippen MR) is 105 cm³/mol. The van der Waals surface area contributed by atoms with Crippen molar-refractivity contribution < 1.29 is 24.9 Å². The molecule has 0 spiro atoms. The number of ketones is 1. The number of aliphatic hydroxyl groups excluding tert-OH is 2. The molecule has 0 radical (unpaired) electrons. The van der Waals surface area contributed by atoms with Gasteiger partial charge in [-0.2, -0.15) is 0 Å². The molecule has 0 aliphatic heterocycles. The first-order valence-corrected chi connectivity index (χ1v) is 9.87. The summed E-state index contributed by atoms with van der Waals surface area (Å²) in [6, 6.07) is 0. The Morgan fingerprint density at radius 3 is 2.59 bits per heavy atom. The van der Waals surface area contributed by atoms with Crippen molar-refractivity contribution in [3.63, 3.8) is 0 Å². The molecule has 27 heavy (non-hydrogen) atoms. The van der Waals surface area contributed by atoms with Gasteiger partial charge in [0.05, 0.1) is 12.2 Å². The molecule has 0 heterocycles. The van der Waals surface area contributed by atoms with Crippen LogP contribution < -0.4 is 0 Å². The number of carbonyl (C=O) groups is 2. The zero-order chi connectivity index (χ0) is 20.4. The number of aliphatic hydroxyl groups is 2. The zero-order valence-electron chi connectivity index (χ0n) is 16.8. The minimum atomic E-state index is -0.777. The third-order valence-electron chi connectivity index (χ3n) is 5.43. The fraction of sp³-hybridized carbons (Fsp3) is 0.727.